The van der Waals surface area contributed by atoms with Crippen LogP contribution in [0.2, 0.25) is 0 Å². The molecule has 0 radical (unpaired) electrons. The molecule has 184 valence electrons. The molecule has 0 bridgehead atoms. The van der Waals surface area contributed by atoms with E-state index >= 15 is 0 Å². The van der Waals surface area contributed by atoms with Gasteiger partial charge < -0.3 is 14.3 Å². The Morgan fingerprint density at radius 3 is 2.15 bits per heavy atom. The third kappa shape index (κ3) is 5.24. The van der Waals surface area contributed by atoms with Crippen molar-refractivity contribution in [1.29, 1.82) is 0 Å². The van der Waals surface area contributed by atoms with Gasteiger partial charge in [-0.15, -0.1) is 0 Å². The van der Waals surface area contributed by atoms with E-state index in [1.807, 2.05) is 20.8 Å². The first-order chi connectivity index (χ1) is 15.7. The Morgan fingerprint density at radius 1 is 1.09 bits per heavy atom. The molecule has 0 saturated carbocycles. The first-order valence-electron chi connectivity index (χ1n) is 11.7. The number of carbonyl (C=O) groups excluding carboxylic acids is 2. The fraction of sp³-hybridized carbons (Fsp3) is 0.680. The second-order valence-electron chi connectivity index (χ2n) is 9.50. The van der Waals surface area contributed by atoms with Crippen LogP contribution in [0, 0.1) is 26.2 Å². The molecule has 8 nitrogen and oxygen atoms in total. The fourth-order valence-corrected chi connectivity index (χ4v) is 4.85. The normalized spacial score (nSPS) is 19.6. The quantitative estimate of drug-likeness (QED) is 0.412. The summed E-state index contributed by atoms with van der Waals surface area (Å²) in [6, 6.07) is 4.15. The Bertz CT molecular complexity index is 830. The number of methoxy groups -OCH3 is 1. The molecule has 0 atom stereocenters. The highest BCUT2D eigenvalue weighted by atomic mass is 16.7. The molecule has 1 amide bonds. The molecule has 2 fully saturated rings. The van der Waals surface area contributed by atoms with E-state index in [9.17, 15) is 9.59 Å². The maximum atomic E-state index is 13.8. The Labute approximate surface area is 197 Å². The number of carbonyl (C=O) groups is 2. The number of piperidine rings is 1. The van der Waals surface area contributed by atoms with Crippen LogP contribution in [0.15, 0.2) is 12.1 Å². The number of amides is 1. The van der Waals surface area contributed by atoms with Crippen LogP contribution in [-0.2, 0) is 35.2 Å². The molecular weight excluding hydrogens is 424 g/mol. The van der Waals surface area contributed by atoms with Crippen molar-refractivity contribution in [3.63, 3.8) is 0 Å². The van der Waals surface area contributed by atoms with Gasteiger partial charge >= 0.3 is 5.97 Å². The van der Waals surface area contributed by atoms with Gasteiger partial charge in [-0.1, -0.05) is 24.6 Å². The molecule has 2 saturated heterocycles. The second-order valence-corrected chi connectivity index (χ2v) is 9.50. The summed E-state index contributed by atoms with van der Waals surface area (Å²) < 4.78 is 10.6. The zero-order valence-corrected chi connectivity index (χ0v) is 20.9. The number of hydrogen-bond acceptors (Lipinski definition) is 7. The van der Waals surface area contributed by atoms with Gasteiger partial charge in [-0.25, -0.2) is 9.86 Å². The van der Waals surface area contributed by atoms with Gasteiger partial charge in [0.25, 0.3) is 5.91 Å². The lowest BCUT2D eigenvalue weighted by Gasteiger charge is -2.47. The summed E-state index contributed by atoms with van der Waals surface area (Å²) in [5.41, 5.74) is 2.89. The molecule has 0 aliphatic carbocycles. The SMILES string of the molecule is CCC1(CON(C(=O)Cc2c(C)cc(C)cc2C)C2(C(=O)OC)CCN(OC)CC2)COC1. The topological polar surface area (TPSA) is 77.5 Å². The molecule has 2 heterocycles. The van der Waals surface area contributed by atoms with E-state index in [0.29, 0.717) is 45.8 Å². The molecule has 0 N–H and O–H groups in total. The molecule has 3 rings (SSSR count). The number of ether oxygens (including phenoxy) is 2. The average Bonchev–Trinajstić information content (AvgIpc) is 2.77. The first-order valence-corrected chi connectivity index (χ1v) is 11.7. The number of aryl methyl sites for hydroxylation is 3. The van der Waals surface area contributed by atoms with E-state index in [1.165, 1.54) is 12.2 Å². The van der Waals surface area contributed by atoms with Crippen molar-refractivity contribution in [2.75, 3.05) is 47.1 Å². The summed E-state index contributed by atoms with van der Waals surface area (Å²) in [7, 11) is 2.96. The molecule has 0 spiro atoms. The third-order valence-electron chi connectivity index (χ3n) is 7.22. The standard InChI is InChI=1S/C25H38N2O6/c1-7-24(15-32-16-24)17-33-27(22(28)14-21-19(3)12-18(2)13-20(21)4)25(23(29)30-5)8-10-26(31-6)11-9-25/h12-13H,7-11,14-17H2,1-6H3. The van der Waals surface area contributed by atoms with Crippen molar-refractivity contribution < 1.29 is 28.7 Å². The summed E-state index contributed by atoms with van der Waals surface area (Å²) >= 11 is 0. The Balaban J connectivity index is 1.93. The largest absolute Gasteiger partial charge is 0.467 e. The molecule has 0 aromatic heterocycles. The van der Waals surface area contributed by atoms with Crippen molar-refractivity contribution >= 4 is 11.9 Å². The molecule has 2 aliphatic rings. The second kappa shape index (κ2) is 10.5. The zero-order chi connectivity index (χ0) is 24.2. The number of nitrogens with zero attached hydrogens (tertiary/aromatic N) is 2. The molecule has 1 aromatic carbocycles. The fourth-order valence-electron chi connectivity index (χ4n) is 4.85. The number of hydrogen-bond donors (Lipinski definition) is 0. The van der Waals surface area contributed by atoms with Gasteiger partial charge in [0.05, 0.1) is 40.5 Å². The third-order valence-corrected chi connectivity index (χ3v) is 7.22. The summed E-state index contributed by atoms with van der Waals surface area (Å²) in [4.78, 5) is 38.6. The smallest absolute Gasteiger partial charge is 0.334 e. The van der Waals surface area contributed by atoms with Crippen LogP contribution in [0.25, 0.3) is 0 Å². The molecule has 1 aromatic rings. The lowest BCUT2D eigenvalue weighted by Crippen LogP contribution is -2.63. The molecule has 33 heavy (non-hydrogen) atoms. The van der Waals surface area contributed by atoms with Crippen molar-refractivity contribution in [2.24, 2.45) is 5.41 Å². The minimum atomic E-state index is -1.20. The first kappa shape index (κ1) is 25.6. The van der Waals surface area contributed by atoms with E-state index in [0.717, 1.165) is 28.7 Å². The van der Waals surface area contributed by atoms with Gasteiger partial charge in [0.15, 0.2) is 5.54 Å². The predicted molar refractivity (Wildman–Crippen MR) is 123 cm³/mol. The average molecular weight is 463 g/mol. The van der Waals surface area contributed by atoms with Crippen LogP contribution in [-0.4, -0.2) is 74.7 Å². The maximum absolute atomic E-state index is 13.8. The lowest BCUT2D eigenvalue weighted by atomic mass is 9.84. The van der Waals surface area contributed by atoms with Gasteiger partial charge in [0, 0.05) is 18.5 Å². The summed E-state index contributed by atoms with van der Waals surface area (Å²) in [5.74, 6) is -0.702. The number of hydroxylamine groups is 4. The maximum Gasteiger partial charge on any atom is 0.334 e. The minimum Gasteiger partial charge on any atom is -0.467 e. The summed E-state index contributed by atoms with van der Waals surface area (Å²) in [6.45, 7) is 10.6. The summed E-state index contributed by atoms with van der Waals surface area (Å²) in [6.07, 6.45) is 1.75. The van der Waals surface area contributed by atoms with Gasteiger partial charge in [0.1, 0.15) is 0 Å². The van der Waals surface area contributed by atoms with Crippen LogP contribution < -0.4 is 0 Å². The van der Waals surface area contributed by atoms with Gasteiger partial charge in [-0.05, 0) is 56.7 Å². The highest BCUT2D eigenvalue weighted by molar-refractivity contribution is 5.88. The molecule has 2 aliphatic heterocycles. The molecule has 8 heteroatoms. The predicted octanol–water partition coefficient (Wildman–Crippen LogP) is 2.91. The molecule has 0 unspecified atom stereocenters. The Hall–Kier alpha value is -2.00. The summed E-state index contributed by atoms with van der Waals surface area (Å²) in [5, 5.41) is 3.12. The van der Waals surface area contributed by atoms with Crippen molar-refractivity contribution in [2.45, 2.75) is 58.9 Å². The van der Waals surface area contributed by atoms with Crippen LogP contribution in [0.5, 0.6) is 0 Å². The number of rotatable bonds is 9. The van der Waals surface area contributed by atoms with Crippen molar-refractivity contribution in [1.82, 2.24) is 10.1 Å². The minimum absolute atomic E-state index is 0.140. The van der Waals surface area contributed by atoms with Crippen molar-refractivity contribution in [3.8, 4) is 0 Å². The molecular formula is C25H38N2O6. The Kier molecular flexibility index (Phi) is 8.16. The highest BCUT2D eigenvalue weighted by Crippen LogP contribution is 2.36. The van der Waals surface area contributed by atoms with E-state index in [4.69, 9.17) is 19.1 Å². The van der Waals surface area contributed by atoms with Crippen LogP contribution in [0.1, 0.15) is 48.4 Å². The number of benzene rings is 1. The monoisotopic (exact) mass is 462 g/mol. The van der Waals surface area contributed by atoms with Crippen LogP contribution in [0.3, 0.4) is 0 Å². The van der Waals surface area contributed by atoms with E-state index < -0.39 is 11.5 Å². The lowest BCUT2D eigenvalue weighted by molar-refractivity contribution is -0.272. The highest BCUT2D eigenvalue weighted by Gasteiger charge is 2.52. The van der Waals surface area contributed by atoms with Gasteiger partial charge in [0.2, 0.25) is 0 Å². The van der Waals surface area contributed by atoms with E-state index in [2.05, 4.69) is 19.1 Å². The number of esters is 1. The Morgan fingerprint density at radius 2 is 1.70 bits per heavy atom. The van der Waals surface area contributed by atoms with Crippen LogP contribution in [0.4, 0.5) is 0 Å². The van der Waals surface area contributed by atoms with E-state index in [-0.39, 0.29) is 17.7 Å². The van der Waals surface area contributed by atoms with Crippen molar-refractivity contribution in [3.05, 3.63) is 34.4 Å². The van der Waals surface area contributed by atoms with Gasteiger partial charge in [-0.2, -0.15) is 5.06 Å². The van der Waals surface area contributed by atoms with Crippen LogP contribution >= 0.6 is 0 Å². The van der Waals surface area contributed by atoms with Gasteiger partial charge in [-0.3, -0.25) is 9.63 Å². The zero-order valence-electron chi connectivity index (χ0n) is 20.9. The van der Waals surface area contributed by atoms with E-state index in [1.54, 1.807) is 12.2 Å².